The molecule has 0 fully saturated rings. The number of hydrogen-bond acceptors (Lipinski definition) is 2. The van der Waals surface area contributed by atoms with Gasteiger partial charge in [0, 0.05) is 56.8 Å². The van der Waals surface area contributed by atoms with Gasteiger partial charge in [-0.15, -0.1) is 22.7 Å². The molecule has 3 aromatic heterocycles. The fourth-order valence-electron chi connectivity index (χ4n) is 8.00. The Hall–Kier alpha value is -6.00. The van der Waals surface area contributed by atoms with Crippen LogP contribution in [0.25, 0.3) is 101 Å². The van der Waals surface area contributed by atoms with Crippen LogP contribution in [-0.2, 0) is 0 Å². The van der Waals surface area contributed by atoms with E-state index in [1.165, 1.54) is 95.5 Å². The van der Waals surface area contributed by atoms with Gasteiger partial charge in [0.1, 0.15) is 0 Å². The highest BCUT2D eigenvalue weighted by Gasteiger charge is 2.17. The highest BCUT2D eigenvalue weighted by Crippen LogP contribution is 2.47. The number of fused-ring (bicyclic) bond motifs is 10. The Balaban J connectivity index is 1.08. The number of aromatic nitrogens is 1. The van der Waals surface area contributed by atoms with Crippen molar-refractivity contribution >= 4 is 84.8 Å². The van der Waals surface area contributed by atoms with E-state index >= 15 is 0 Å². The van der Waals surface area contributed by atoms with Crippen molar-refractivity contribution in [2.75, 3.05) is 0 Å². The normalized spacial score (nSPS) is 11.9. The van der Waals surface area contributed by atoms with E-state index < -0.39 is 0 Å². The van der Waals surface area contributed by atoms with Gasteiger partial charge in [0.2, 0.25) is 0 Å². The minimum atomic E-state index is 1.16. The van der Waals surface area contributed by atoms with Gasteiger partial charge in [0.05, 0.1) is 11.0 Å². The summed E-state index contributed by atoms with van der Waals surface area (Å²) in [7, 11) is 0. The molecule has 0 bridgehead atoms. The van der Waals surface area contributed by atoms with Crippen LogP contribution in [0.4, 0.5) is 0 Å². The van der Waals surface area contributed by atoms with Gasteiger partial charge in [0.15, 0.2) is 0 Å². The summed E-state index contributed by atoms with van der Waals surface area (Å²) in [6.07, 6.45) is 0. The molecule has 0 aliphatic heterocycles. The van der Waals surface area contributed by atoms with Crippen molar-refractivity contribution in [3.8, 4) is 39.1 Å². The number of nitrogens with zero attached hydrogens (tertiary/aromatic N) is 1. The summed E-state index contributed by atoms with van der Waals surface area (Å²) in [4.78, 5) is 0. The monoisotopic (exact) mass is 683 g/mol. The standard InChI is InChI=1S/C48H29NS2/c1-3-10-30(11-4-1)33-20-25-42-40(28-33)41-29-34(31-12-5-2-6-13-31)21-26-43(41)49(42)35-22-18-32(19-23-35)36-15-9-16-37-38-24-27-45-46(48(38)51-47(36)37)39-14-7-8-17-44(39)50-45/h1-29H. The number of rotatable bonds is 4. The van der Waals surface area contributed by atoms with Crippen LogP contribution >= 0.6 is 22.7 Å². The number of thiophene rings is 2. The van der Waals surface area contributed by atoms with Gasteiger partial charge >= 0.3 is 0 Å². The molecule has 3 heteroatoms. The lowest BCUT2D eigenvalue weighted by Crippen LogP contribution is -1.94. The molecular weight excluding hydrogens is 655 g/mol. The quantitative estimate of drug-likeness (QED) is 0.174. The molecule has 0 spiro atoms. The van der Waals surface area contributed by atoms with Crippen molar-refractivity contribution < 1.29 is 0 Å². The van der Waals surface area contributed by atoms with Gasteiger partial charge in [-0.2, -0.15) is 0 Å². The van der Waals surface area contributed by atoms with Crippen molar-refractivity contribution in [2.45, 2.75) is 0 Å². The fraction of sp³-hybridized carbons (Fsp3) is 0. The van der Waals surface area contributed by atoms with Crippen molar-refractivity contribution in [1.82, 2.24) is 4.57 Å². The summed E-state index contributed by atoms with van der Waals surface area (Å²) in [5.74, 6) is 0. The van der Waals surface area contributed by atoms with Gasteiger partial charge in [-0.3, -0.25) is 0 Å². The molecule has 0 saturated heterocycles. The Bertz CT molecular complexity index is 3010. The second-order valence-corrected chi connectivity index (χ2v) is 15.4. The summed E-state index contributed by atoms with van der Waals surface area (Å²) < 4.78 is 7.88. The van der Waals surface area contributed by atoms with Crippen molar-refractivity contribution in [2.24, 2.45) is 0 Å². The van der Waals surface area contributed by atoms with Gasteiger partial charge < -0.3 is 4.57 Å². The molecule has 0 radical (unpaired) electrons. The van der Waals surface area contributed by atoms with Crippen LogP contribution in [0.2, 0.25) is 0 Å². The molecule has 3 heterocycles. The first kappa shape index (κ1) is 28.8. The number of benzene rings is 8. The maximum absolute atomic E-state index is 2.43. The zero-order valence-corrected chi connectivity index (χ0v) is 29.1. The van der Waals surface area contributed by atoms with Crippen LogP contribution in [0.15, 0.2) is 176 Å². The van der Waals surface area contributed by atoms with Gasteiger partial charge in [-0.25, -0.2) is 0 Å². The molecule has 0 saturated carbocycles. The minimum absolute atomic E-state index is 1.16. The van der Waals surface area contributed by atoms with Crippen LogP contribution in [0.3, 0.4) is 0 Å². The van der Waals surface area contributed by atoms with E-state index in [0.29, 0.717) is 0 Å². The molecule has 0 N–H and O–H groups in total. The molecule has 238 valence electrons. The molecule has 0 atom stereocenters. The van der Waals surface area contributed by atoms with E-state index in [2.05, 4.69) is 180 Å². The largest absolute Gasteiger partial charge is 0.309 e. The van der Waals surface area contributed by atoms with Crippen molar-refractivity contribution in [3.63, 3.8) is 0 Å². The highest BCUT2D eigenvalue weighted by molar-refractivity contribution is 7.30. The average molecular weight is 684 g/mol. The first-order chi connectivity index (χ1) is 25.3. The Labute approximate surface area is 302 Å². The second kappa shape index (κ2) is 11.3. The van der Waals surface area contributed by atoms with Crippen LogP contribution in [0.1, 0.15) is 0 Å². The third-order valence-corrected chi connectivity index (χ3v) is 12.8. The number of hydrogen-bond donors (Lipinski definition) is 0. The lowest BCUT2D eigenvalue weighted by atomic mass is 10.0. The summed E-state index contributed by atoms with van der Waals surface area (Å²) >= 11 is 3.83. The first-order valence-electron chi connectivity index (χ1n) is 17.3. The molecule has 51 heavy (non-hydrogen) atoms. The summed E-state index contributed by atoms with van der Waals surface area (Å²) in [5, 5.41) is 7.96. The summed E-state index contributed by atoms with van der Waals surface area (Å²) in [6.45, 7) is 0. The third kappa shape index (κ3) is 4.45. The topological polar surface area (TPSA) is 4.93 Å². The van der Waals surface area contributed by atoms with E-state index in [9.17, 15) is 0 Å². The van der Waals surface area contributed by atoms with Crippen LogP contribution in [0, 0.1) is 0 Å². The molecule has 0 aliphatic carbocycles. The van der Waals surface area contributed by atoms with Crippen LogP contribution in [0.5, 0.6) is 0 Å². The maximum Gasteiger partial charge on any atom is 0.0541 e. The molecule has 0 amide bonds. The minimum Gasteiger partial charge on any atom is -0.309 e. The molecule has 0 aliphatic rings. The highest BCUT2D eigenvalue weighted by atomic mass is 32.1. The Kier molecular flexibility index (Phi) is 6.36. The zero-order chi connectivity index (χ0) is 33.5. The predicted octanol–water partition coefficient (Wildman–Crippen LogP) is 14.5. The molecule has 8 aromatic carbocycles. The molecule has 11 rings (SSSR count). The van der Waals surface area contributed by atoms with E-state index in [4.69, 9.17) is 0 Å². The Morgan fingerprint density at radius 2 is 0.922 bits per heavy atom. The Morgan fingerprint density at radius 1 is 0.333 bits per heavy atom. The zero-order valence-electron chi connectivity index (χ0n) is 27.5. The molecule has 11 aromatic rings. The molecule has 1 nitrogen and oxygen atoms in total. The first-order valence-corrected chi connectivity index (χ1v) is 19.0. The van der Waals surface area contributed by atoms with Crippen molar-refractivity contribution in [3.05, 3.63) is 176 Å². The van der Waals surface area contributed by atoms with Crippen LogP contribution < -0.4 is 0 Å². The van der Waals surface area contributed by atoms with Gasteiger partial charge in [0.25, 0.3) is 0 Å². The van der Waals surface area contributed by atoms with Crippen LogP contribution in [-0.4, -0.2) is 4.57 Å². The maximum atomic E-state index is 2.43. The average Bonchev–Trinajstić information content (AvgIpc) is 3.87. The predicted molar refractivity (Wildman–Crippen MR) is 223 cm³/mol. The lowest BCUT2D eigenvalue weighted by molar-refractivity contribution is 1.18. The molecular formula is C48H29NS2. The van der Waals surface area contributed by atoms with E-state index in [1.54, 1.807) is 0 Å². The van der Waals surface area contributed by atoms with Gasteiger partial charge in [-0.05, 0) is 81.9 Å². The third-order valence-electron chi connectivity index (χ3n) is 10.4. The second-order valence-electron chi connectivity index (χ2n) is 13.3. The van der Waals surface area contributed by atoms with Crippen molar-refractivity contribution in [1.29, 1.82) is 0 Å². The van der Waals surface area contributed by atoms with E-state index in [0.717, 1.165) is 5.69 Å². The Morgan fingerprint density at radius 3 is 1.61 bits per heavy atom. The van der Waals surface area contributed by atoms with E-state index in [1.807, 2.05) is 22.7 Å². The smallest absolute Gasteiger partial charge is 0.0541 e. The summed E-state index contributed by atoms with van der Waals surface area (Å²) in [5.41, 5.74) is 11.0. The lowest BCUT2D eigenvalue weighted by Gasteiger charge is -2.11. The van der Waals surface area contributed by atoms with Gasteiger partial charge in [-0.1, -0.05) is 127 Å². The summed E-state index contributed by atoms with van der Waals surface area (Å²) in [6, 6.07) is 64.7. The SMILES string of the molecule is c1ccc(-c2ccc3c(c2)c2cc(-c4ccccc4)ccc2n3-c2ccc(-c3cccc4c3sc3c4ccc4sc5ccccc5c43)cc2)cc1. The fourth-order valence-corrected chi connectivity index (χ4v) is 10.6. The van der Waals surface area contributed by atoms with E-state index in [-0.39, 0.29) is 0 Å². The molecule has 0 unspecified atom stereocenters.